The molecule has 4 nitrogen and oxygen atoms in total. The predicted molar refractivity (Wildman–Crippen MR) is 136 cm³/mol. The third-order valence-corrected chi connectivity index (χ3v) is 8.07. The Kier molecular flexibility index (Phi) is 6.53. The highest BCUT2D eigenvalue weighted by molar-refractivity contribution is 14.1. The molecule has 3 atom stereocenters. The molecule has 1 fully saturated rings. The molecule has 158 valence electrons. The molecule has 0 aliphatic heterocycles. The van der Waals surface area contributed by atoms with Crippen LogP contribution in [0.4, 0.5) is 5.69 Å². The Labute approximate surface area is 197 Å². The van der Waals surface area contributed by atoms with Crippen LogP contribution in [0, 0.1) is 0 Å². The second-order valence-corrected chi connectivity index (χ2v) is 10.4. The van der Waals surface area contributed by atoms with Crippen LogP contribution in [0.15, 0.2) is 54.7 Å². The molecular formula is C24H28ClIN4. The van der Waals surface area contributed by atoms with Crippen molar-refractivity contribution in [3.8, 4) is 0 Å². The van der Waals surface area contributed by atoms with Gasteiger partial charge in [0.25, 0.3) is 0 Å². The minimum atomic E-state index is -0.360. The maximum Gasteiger partial charge on any atom is 0.0720 e. The number of rotatable bonds is 5. The van der Waals surface area contributed by atoms with Crippen molar-refractivity contribution in [2.45, 2.75) is 41.3 Å². The van der Waals surface area contributed by atoms with Gasteiger partial charge in [-0.1, -0.05) is 52.4 Å². The molecule has 2 aromatic carbocycles. The maximum atomic E-state index is 7.04. The van der Waals surface area contributed by atoms with E-state index in [-0.39, 0.29) is 5.54 Å². The third-order valence-electron chi connectivity index (χ3n) is 6.21. The van der Waals surface area contributed by atoms with Gasteiger partial charge in [-0.25, -0.2) is 0 Å². The van der Waals surface area contributed by atoms with Crippen molar-refractivity contribution in [3.63, 3.8) is 0 Å². The molecule has 0 bridgehead atoms. The number of pyridine rings is 1. The minimum Gasteiger partial charge on any atom is -0.378 e. The standard InChI is InChI=1S/C24H28ClIN4/c1-30(2)19-6-3-16(4-7-19)15-29-18-9-11-24(27,23(26)14-18)21-10-12-28-22-13-17(25)5-8-20(21)22/h3-8,10,12-13,18,23,29H,9,11,14-15,27H2,1-2H3. The highest BCUT2D eigenvalue weighted by Gasteiger charge is 2.41. The molecule has 1 aromatic heterocycles. The van der Waals surface area contributed by atoms with Gasteiger partial charge >= 0.3 is 0 Å². The molecule has 1 aliphatic carbocycles. The lowest BCUT2D eigenvalue weighted by Crippen LogP contribution is -2.52. The summed E-state index contributed by atoms with van der Waals surface area (Å²) in [6.07, 6.45) is 4.90. The molecule has 0 spiro atoms. The van der Waals surface area contributed by atoms with Crippen LogP contribution in [0.1, 0.15) is 30.4 Å². The topological polar surface area (TPSA) is 54.2 Å². The number of benzene rings is 2. The van der Waals surface area contributed by atoms with E-state index in [0.717, 1.165) is 36.7 Å². The number of nitrogens with one attached hydrogen (secondary N) is 1. The summed E-state index contributed by atoms with van der Waals surface area (Å²) in [5.41, 5.74) is 11.3. The number of hydrogen-bond acceptors (Lipinski definition) is 4. The Morgan fingerprint density at radius 3 is 2.67 bits per heavy atom. The second kappa shape index (κ2) is 8.99. The lowest BCUT2D eigenvalue weighted by Gasteiger charge is -2.42. The van der Waals surface area contributed by atoms with E-state index >= 15 is 0 Å². The maximum absolute atomic E-state index is 7.04. The van der Waals surface area contributed by atoms with Gasteiger partial charge in [0.1, 0.15) is 0 Å². The highest BCUT2D eigenvalue weighted by atomic mass is 127. The molecule has 1 heterocycles. The van der Waals surface area contributed by atoms with Crippen LogP contribution in [0.25, 0.3) is 10.9 Å². The van der Waals surface area contributed by atoms with Gasteiger partial charge in [0.05, 0.1) is 11.1 Å². The fourth-order valence-electron chi connectivity index (χ4n) is 4.34. The largest absolute Gasteiger partial charge is 0.378 e. The zero-order chi connectivity index (χ0) is 21.3. The van der Waals surface area contributed by atoms with Crippen molar-refractivity contribution in [1.29, 1.82) is 0 Å². The van der Waals surface area contributed by atoms with Gasteiger partial charge in [0.2, 0.25) is 0 Å². The summed E-state index contributed by atoms with van der Waals surface area (Å²) in [5, 5.41) is 5.56. The summed E-state index contributed by atoms with van der Waals surface area (Å²) in [4.78, 5) is 6.61. The fourth-order valence-corrected chi connectivity index (χ4v) is 5.76. The van der Waals surface area contributed by atoms with Crippen molar-refractivity contribution in [1.82, 2.24) is 10.3 Å². The zero-order valence-corrected chi connectivity index (χ0v) is 20.3. The zero-order valence-electron chi connectivity index (χ0n) is 17.4. The first-order chi connectivity index (χ1) is 14.4. The lowest BCUT2D eigenvalue weighted by molar-refractivity contribution is 0.271. The molecule has 0 amide bonds. The van der Waals surface area contributed by atoms with Crippen LogP contribution in [-0.2, 0) is 12.1 Å². The Morgan fingerprint density at radius 2 is 1.97 bits per heavy atom. The minimum absolute atomic E-state index is 0.332. The van der Waals surface area contributed by atoms with Gasteiger partial charge < -0.3 is 16.0 Å². The van der Waals surface area contributed by atoms with Crippen LogP contribution in [0.5, 0.6) is 0 Å². The van der Waals surface area contributed by atoms with Crippen molar-refractivity contribution < 1.29 is 0 Å². The molecule has 30 heavy (non-hydrogen) atoms. The fraction of sp³-hybridized carbons (Fsp3) is 0.375. The van der Waals surface area contributed by atoms with Gasteiger partial charge in [-0.15, -0.1) is 0 Å². The van der Waals surface area contributed by atoms with E-state index < -0.39 is 0 Å². The van der Waals surface area contributed by atoms with E-state index in [9.17, 15) is 0 Å². The summed E-state index contributed by atoms with van der Waals surface area (Å²) in [5.74, 6) is 0. The monoisotopic (exact) mass is 534 g/mol. The second-order valence-electron chi connectivity index (χ2n) is 8.44. The van der Waals surface area contributed by atoms with Gasteiger partial charge in [-0.05, 0) is 60.7 Å². The number of aromatic nitrogens is 1. The first kappa shape index (κ1) is 21.8. The van der Waals surface area contributed by atoms with E-state index in [4.69, 9.17) is 17.3 Å². The van der Waals surface area contributed by atoms with Crippen molar-refractivity contribution >= 4 is 50.8 Å². The number of alkyl halides is 1. The number of halogens is 2. The summed E-state index contributed by atoms with van der Waals surface area (Å²) < 4.78 is 0.332. The van der Waals surface area contributed by atoms with E-state index in [1.54, 1.807) is 0 Å². The molecular weight excluding hydrogens is 507 g/mol. The predicted octanol–water partition coefficient (Wildman–Crippen LogP) is 5.25. The molecule has 3 N–H and O–H groups in total. The number of nitrogens with zero attached hydrogens (tertiary/aromatic N) is 2. The van der Waals surface area contributed by atoms with Crippen LogP contribution < -0.4 is 16.0 Å². The van der Waals surface area contributed by atoms with Gasteiger partial charge in [-0.2, -0.15) is 0 Å². The first-order valence-electron chi connectivity index (χ1n) is 10.3. The van der Waals surface area contributed by atoms with E-state index in [1.165, 1.54) is 16.8 Å². The summed E-state index contributed by atoms with van der Waals surface area (Å²) in [6.45, 7) is 0.885. The Bertz CT molecular complexity index is 1020. The quantitative estimate of drug-likeness (QED) is 0.347. The van der Waals surface area contributed by atoms with Crippen LogP contribution in [0.3, 0.4) is 0 Å². The number of nitrogens with two attached hydrogens (primary N) is 1. The number of anilines is 1. The molecule has 1 aliphatic rings. The molecule has 3 unspecified atom stereocenters. The first-order valence-corrected chi connectivity index (χ1v) is 12.0. The van der Waals surface area contributed by atoms with Gasteiger partial charge in [0, 0.05) is 52.9 Å². The third kappa shape index (κ3) is 4.44. The average molecular weight is 535 g/mol. The Balaban J connectivity index is 1.45. The molecule has 6 heteroatoms. The molecule has 0 saturated heterocycles. The number of hydrogen-bond donors (Lipinski definition) is 2. The van der Waals surface area contributed by atoms with E-state index in [0.29, 0.717) is 15.0 Å². The van der Waals surface area contributed by atoms with Crippen molar-refractivity contribution in [3.05, 3.63) is 70.9 Å². The SMILES string of the molecule is CN(C)c1ccc(CNC2CCC(N)(c3ccnc4cc(Cl)ccc34)C(I)C2)cc1. The van der Waals surface area contributed by atoms with Gasteiger partial charge in [0.15, 0.2) is 0 Å². The van der Waals surface area contributed by atoms with Crippen molar-refractivity contribution in [2.75, 3.05) is 19.0 Å². The average Bonchev–Trinajstić information content (AvgIpc) is 2.74. The number of fused-ring (bicyclic) bond motifs is 1. The summed E-state index contributed by atoms with van der Waals surface area (Å²) >= 11 is 8.71. The van der Waals surface area contributed by atoms with E-state index in [1.807, 2.05) is 18.3 Å². The summed E-state index contributed by atoms with van der Waals surface area (Å²) in [6, 6.07) is 17.2. The Morgan fingerprint density at radius 1 is 1.20 bits per heavy atom. The van der Waals surface area contributed by atoms with Crippen LogP contribution >= 0.6 is 34.2 Å². The highest BCUT2D eigenvalue weighted by Crippen LogP contribution is 2.42. The molecule has 1 saturated carbocycles. The van der Waals surface area contributed by atoms with Crippen LogP contribution in [0.2, 0.25) is 5.02 Å². The van der Waals surface area contributed by atoms with E-state index in [2.05, 4.69) is 88.3 Å². The Hall–Kier alpha value is -1.41. The van der Waals surface area contributed by atoms with Gasteiger partial charge in [-0.3, -0.25) is 4.98 Å². The molecule has 3 aromatic rings. The molecule has 4 rings (SSSR count). The summed E-state index contributed by atoms with van der Waals surface area (Å²) in [7, 11) is 4.13. The lowest BCUT2D eigenvalue weighted by atomic mass is 9.74. The normalized spacial score (nSPS) is 24.2. The van der Waals surface area contributed by atoms with Crippen LogP contribution in [-0.4, -0.2) is 29.0 Å². The smallest absolute Gasteiger partial charge is 0.0720 e. The molecule has 0 radical (unpaired) electrons. The van der Waals surface area contributed by atoms with Crippen molar-refractivity contribution in [2.24, 2.45) is 5.73 Å².